The second-order valence-electron chi connectivity index (χ2n) is 5.25. The van der Waals surface area contributed by atoms with Crippen LogP contribution >= 0.6 is 0 Å². The van der Waals surface area contributed by atoms with E-state index in [0.717, 1.165) is 5.69 Å². The maximum Gasteiger partial charge on any atom is 0.258 e. The average molecular weight is 323 g/mol. The van der Waals surface area contributed by atoms with Gasteiger partial charge >= 0.3 is 0 Å². The van der Waals surface area contributed by atoms with Crippen molar-refractivity contribution in [2.24, 2.45) is 0 Å². The molecule has 0 aromatic heterocycles. The number of carbonyl (C=O) groups excluding carboxylic acids is 2. The number of benzene rings is 2. The molecule has 2 rings (SSSR count). The molecule has 5 nitrogen and oxygen atoms in total. The number of hydrogen-bond donors (Lipinski definition) is 2. The van der Waals surface area contributed by atoms with Crippen molar-refractivity contribution in [3.05, 3.63) is 72.8 Å². The van der Waals surface area contributed by atoms with E-state index < -0.39 is 0 Å². The number of para-hydroxylation sites is 1. The molecule has 0 bridgehead atoms. The van der Waals surface area contributed by atoms with Gasteiger partial charge in [0.2, 0.25) is 5.91 Å². The van der Waals surface area contributed by atoms with E-state index in [1.54, 1.807) is 42.3 Å². The molecule has 2 aromatic carbocycles. The van der Waals surface area contributed by atoms with E-state index in [1.165, 1.54) is 0 Å². The van der Waals surface area contributed by atoms with Crippen LogP contribution in [0.4, 0.5) is 11.4 Å². The Morgan fingerprint density at radius 3 is 2.58 bits per heavy atom. The van der Waals surface area contributed by atoms with Gasteiger partial charge in [0.15, 0.2) is 0 Å². The van der Waals surface area contributed by atoms with Gasteiger partial charge in [0, 0.05) is 30.5 Å². The second-order valence-corrected chi connectivity index (χ2v) is 5.25. The predicted octanol–water partition coefficient (Wildman–Crippen LogP) is 2.68. The quantitative estimate of drug-likeness (QED) is 0.608. The number of nitrogens with zero attached hydrogens (tertiary/aromatic N) is 1. The molecule has 24 heavy (non-hydrogen) atoms. The summed E-state index contributed by atoms with van der Waals surface area (Å²) in [6, 6.07) is 16.3. The number of hydrogen-bond acceptors (Lipinski definition) is 3. The van der Waals surface area contributed by atoms with Crippen LogP contribution in [0.25, 0.3) is 0 Å². The van der Waals surface area contributed by atoms with Crippen LogP contribution in [0.5, 0.6) is 0 Å². The van der Waals surface area contributed by atoms with E-state index in [-0.39, 0.29) is 18.4 Å². The molecule has 5 heteroatoms. The van der Waals surface area contributed by atoms with E-state index in [9.17, 15) is 9.59 Å². The molecule has 0 heterocycles. The second kappa shape index (κ2) is 8.64. The molecule has 0 aliphatic carbocycles. The molecule has 0 saturated carbocycles. The van der Waals surface area contributed by atoms with E-state index in [0.29, 0.717) is 17.8 Å². The highest BCUT2D eigenvalue weighted by atomic mass is 16.2. The fraction of sp³-hybridized carbons (Fsp3) is 0.158. The Morgan fingerprint density at radius 2 is 1.88 bits per heavy atom. The lowest BCUT2D eigenvalue weighted by molar-refractivity contribution is -0.115. The molecular formula is C19H21N3O2. The fourth-order valence-electron chi connectivity index (χ4n) is 2.19. The molecule has 0 unspecified atom stereocenters. The third kappa shape index (κ3) is 4.79. The van der Waals surface area contributed by atoms with Crippen molar-refractivity contribution in [3.8, 4) is 0 Å². The van der Waals surface area contributed by atoms with Crippen molar-refractivity contribution in [3.63, 3.8) is 0 Å². The molecule has 0 fully saturated rings. The fourth-order valence-corrected chi connectivity index (χ4v) is 2.19. The molecule has 2 aromatic rings. The van der Waals surface area contributed by atoms with Crippen LogP contribution in [0.1, 0.15) is 10.4 Å². The van der Waals surface area contributed by atoms with E-state index in [4.69, 9.17) is 0 Å². The maximum atomic E-state index is 12.6. The van der Waals surface area contributed by atoms with Crippen LogP contribution in [0.15, 0.2) is 67.3 Å². The van der Waals surface area contributed by atoms with Crippen LogP contribution < -0.4 is 15.5 Å². The summed E-state index contributed by atoms with van der Waals surface area (Å²) in [5, 5.41) is 5.70. The van der Waals surface area contributed by atoms with Gasteiger partial charge in [0.05, 0.1) is 6.54 Å². The summed E-state index contributed by atoms with van der Waals surface area (Å²) in [7, 11) is 1.72. The summed E-state index contributed by atoms with van der Waals surface area (Å²) < 4.78 is 0. The van der Waals surface area contributed by atoms with E-state index >= 15 is 0 Å². The standard InChI is InChI=1S/C19H21N3O2/c1-3-12-20-14-18(23)21-16-9-7-8-15(13-16)19(24)22(2)17-10-5-4-6-11-17/h3-11,13,20H,1,12,14H2,2H3,(H,21,23). The minimum Gasteiger partial charge on any atom is -0.325 e. The van der Waals surface area contributed by atoms with Gasteiger partial charge in [-0.2, -0.15) is 0 Å². The Labute approximate surface area is 142 Å². The normalized spacial score (nSPS) is 10.0. The first-order chi connectivity index (χ1) is 11.6. The monoisotopic (exact) mass is 323 g/mol. The van der Waals surface area contributed by atoms with Gasteiger partial charge < -0.3 is 15.5 Å². The predicted molar refractivity (Wildman–Crippen MR) is 97.3 cm³/mol. The Bertz CT molecular complexity index is 714. The number of anilines is 2. The Morgan fingerprint density at radius 1 is 1.12 bits per heavy atom. The van der Waals surface area contributed by atoms with E-state index in [2.05, 4.69) is 17.2 Å². The highest BCUT2D eigenvalue weighted by Gasteiger charge is 2.14. The minimum atomic E-state index is -0.169. The third-order valence-corrected chi connectivity index (χ3v) is 3.42. The molecule has 124 valence electrons. The van der Waals surface area contributed by atoms with Crippen LogP contribution in [0.3, 0.4) is 0 Å². The van der Waals surface area contributed by atoms with Gasteiger partial charge in [0.1, 0.15) is 0 Å². The summed E-state index contributed by atoms with van der Waals surface area (Å²) in [6.45, 7) is 4.33. The highest BCUT2D eigenvalue weighted by Crippen LogP contribution is 2.17. The first-order valence-corrected chi connectivity index (χ1v) is 7.66. The average Bonchev–Trinajstić information content (AvgIpc) is 2.61. The maximum absolute atomic E-state index is 12.6. The lowest BCUT2D eigenvalue weighted by Gasteiger charge is -2.17. The molecule has 2 amide bonds. The largest absolute Gasteiger partial charge is 0.325 e. The minimum absolute atomic E-state index is 0.137. The van der Waals surface area contributed by atoms with Gasteiger partial charge in [-0.15, -0.1) is 6.58 Å². The Balaban J connectivity index is 2.05. The third-order valence-electron chi connectivity index (χ3n) is 3.42. The first-order valence-electron chi connectivity index (χ1n) is 7.66. The van der Waals surface area contributed by atoms with Crippen LogP contribution in [-0.4, -0.2) is 32.0 Å². The van der Waals surface area contributed by atoms with Gasteiger partial charge in [-0.1, -0.05) is 30.3 Å². The topological polar surface area (TPSA) is 61.4 Å². The molecular weight excluding hydrogens is 302 g/mol. The van der Waals surface area contributed by atoms with Crippen molar-refractivity contribution >= 4 is 23.2 Å². The molecule has 0 atom stereocenters. The first kappa shape index (κ1) is 17.4. The summed E-state index contributed by atoms with van der Waals surface area (Å²) in [6.07, 6.45) is 1.69. The Hall–Kier alpha value is -2.92. The Kier molecular flexibility index (Phi) is 6.28. The lowest BCUT2D eigenvalue weighted by atomic mass is 10.1. The van der Waals surface area contributed by atoms with Gasteiger partial charge in [0.25, 0.3) is 5.91 Å². The zero-order chi connectivity index (χ0) is 17.4. The van der Waals surface area contributed by atoms with Crippen molar-refractivity contribution in [2.45, 2.75) is 0 Å². The zero-order valence-corrected chi connectivity index (χ0v) is 13.7. The van der Waals surface area contributed by atoms with Crippen LogP contribution in [-0.2, 0) is 4.79 Å². The molecule has 0 aliphatic heterocycles. The lowest BCUT2D eigenvalue weighted by Crippen LogP contribution is -2.28. The van der Waals surface area contributed by atoms with Crippen molar-refractivity contribution in [1.29, 1.82) is 0 Å². The number of nitrogens with one attached hydrogen (secondary N) is 2. The smallest absolute Gasteiger partial charge is 0.258 e. The van der Waals surface area contributed by atoms with Crippen molar-refractivity contribution < 1.29 is 9.59 Å². The summed E-state index contributed by atoms with van der Waals surface area (Å²) in [4.78, 5) is 26.0. The molecule has 0 saturated heterocycles. The number of amides is 2. The highest BCUT2D eigenvalue weighted by molar-refractivity contribution is 6.06. The molecule has 0 spiro atoms. The number of carbonyl (C=O) groups is 2. The number of rotatable bonds is 7. The van der Waals surface area contributed by atoms with Gasteiger partial charge in [-0.05, 0) is 30.3 Å². The molecule has 0 aliphatic rings. The van der Waals surface area contributed by atoms with Crippen LogP contribution in [0.2, 0.25) is 0 Å². The van der Waals surface area contributed by atoms with E-state index in [1.807, 2.05) is 30.3 Å². The summed E-state index contributed by atoms with van der Waals surface area (Å²) in [5.74, 6) is -0.306. The SMILES string of the molecule is C=CCNCC(=O)Nc1cccc(C(=O)N(C)c2ccccc2)c1. The van der Waals surface area contributed by atoms with Crippen LogP contribution in [0, 0.1) is 0 Å². The zero-order valence-electron chi connectivity index (χ0n) is 13.7. The van der Waals surface area contributed by atoms with Gasteiger partial charge in [-0.3, -0.25) is 9.59 Å². The summed E-state index contributed by atoms with van der Waals surface area (Å²) >= 11 is 0. The van der Waals surface area contributed by atoms with Crippen molar-refractivity contribution in [2.75, 3.05) is 30.4 Å². The molecule has 0 radical (unpaired) electrons. The van der Waals surface area contributed by atoms with Gasteiger partial charge in [-0.25, -0.2) is 0 Å². The molecule has 2 N–H and O–H groups in total. The van der Waals surface area contributed by atoms with Crippen molar-refractivity contribution in [1.82, 2.24) is 5.32 Å². The summed E-state index contributed by atoms with van der Waals surface area (Å²) in [5.41, 5.74) is 1.91.